The molecule has 1 aliphatic rings. The second-order valence-electron chi connectivity index (χ2n) is 2.68. The summed E-state index contributed by atoms with van der Waals surface area (Å²) in [6.45, 7) is 2.98. The zero-order valence-corrected chi connectivity index (χ0v) is 7.34. The first-order valence-corrected chi connectivity index (χ1v) is 4.01. The van der Waals surface area contributed by atoms with Crippen LogP contribution in [-0.2, 0) is 4.74 Å². The minimum atomic E-state index is 0.664. The highest BCUT2D eigenvalue weighted by atomic mass is 16.5. The zero-order chi connectivity index (χ0) is 8.81. The molecular weight excluding hydrogens is 154 g/mol. The molecular formula is C8H15N3O. The Morgan fingerprint density at radius 1 is 1.67 bits per heavy atom. The van der Waals surface area contributed by atoms with E-state index in [-0.39, 0.29) is 0 Å². The topological polar surface area (TPSA) is 59.6 Å². The largest absolute Gasteiger partial charge is 0.401 e. The molecule has 1 heterocycles. The average molecular weight is 169 g/mol. The summed E-state index contributed by atoms with van der Waals surface area (Å²) < 4.78 is 4.86. The van der Waals surface area contributed by atoms with Gasteiger partial charge < -0.3 is 15.8 Å². The van der Waals surface area contributed by atoms with Gasteiger partial charge in [-0.1, -0.05) is 0 Å². The quantitative estimate of drug-likeness (QED) is 0.441. The highest BCUT2D eigenvalue weighted by Crippen LogP contribution is 2.00. The summed E-state index contributed by atoms with van der Waals surface area (Å²) in [6.07, 6.45) is 1.83. The molecule has 3 N–H and O–H groups in total. The molecule has 4 nitrogen and oxygen atoms in total. The van der Waals surface area contributed by atoms with Crippen LogP contribution in [0.4, 0.5) is 0 Å². The van der Waals surface area contributed by atoms with Crippen molar-refractivity contribution >= 4 is 6.21 Å². The van der Waals surface area contributed by atoms with Gasteiger partial charge in [-0.2, -0.15) is 0 Å². The predicted octanol–water partition coefficient (Wildman–Crippen LogP) is -0.480. The van der Waals surface area contributed by atoms with E-state index in [2.05, 4.69) is 10.3 Å². The van der Waals surface area contributed by atoms with E-state index in [0.717, 1.165) is 24.4 Å². The lowest BCUT2D eigenvalue weighted by molar-refractivity contribution is 0.208. The minimum Gasteiger partial charge on any atom is -0.401 e. The average Bonchev–Trinajstić information content (AvgIpc) is 2.46. The van der Waals surface area contributed by atoms with Gasteiger partial charge in [0.15, 0.2) is 0 Å². The molecule has 0 aromatic rings. The first-order chi connectivity index (χ1) is 5.84. The van der Waals surface area contributed by atoms with Crippen molar-refractivity contribution in [1.82, 2.24) is 5.32 Å². The second kappa shape index (κ2) is 4.90. The molecule has 1 aliphatic heterocycles. The molecule has 12 heavy (non-hydrogen) atoms. The molecule has 0 aromatic carbocycles. The van der Waals surface area contributed by atoms with E-state index in [1.165, 1.54) is 0 Å². The Bertz CT molecular complexity index is 198. The highest BCUT2D eigenvalue weighted by Gasteiger charge is 2.07. The maximum Gasteiger partial charge on any atom is 0.0658 e. The van der Waals surface area contributed by atoms with Crippen LogP contribution >= 0.6 is 0 Å². The molecule has 0 saturated heterocycles. The van der Waals surface area contributed by atoms with Crippen molar-refractivity contribution in [1.29, 1.82) is 0 Å². The standard InChI is InChI=1S/C8H15N3O/c1-12-3-2-10-4-7-5-11-6-8(7)9/h4,11H,2-3,5-6,9H2,1H3. The van der Waals surface area contributed by atoms with Gasteiger partial charge in [0.2, 0.25) is 0 Å². The van der Waals surface area contributed by atoms with Crippen molar-refractivity contribution in [3.8, 4) is 0 Å². The Morgan fingerprint density at radius 3 is 3.08 bits per heavy atom. The van der Waals surface area contributed by atoms with Gasteiger partial charge in [0.25, 0.3) is 0 Å². The van der Waals surface area contributed by atoms with Crippen LogP contribution in [0.15, 0.2) is 16.3 Å². The molecule has 0 amide bonds. The van der Waals surface area contributed by atoms with Crippen molar-refractivity contribution in [3.63, 3.8) is 0 Å². The van der Waals surface area contributed by atoms with E-state index >= 15 is 0 Å². The molecule has 68 valence electrons. The molecule has 0 aromatic heterocycles. The molecule has 1 rings (SSSR count). The fourth-order valence-corrected chi connectivity index (χ4v) is 1.01. The number of ether oxygens (including phenoxy) is 1. The Morgan fingerprint density at radius 2 is 2.50 bits per heavy atom. The van der Waals surface area contributed by atoms with Crippen molar-refractivity contribution < 1.29 is 4.74 Å². The van der Waals surface area contributed by atoms with E-state index < -0.39 is 0 Å². The number of methoxy groups -OCH3 is 1. The molecule has 0 fully saturated rings. The molecule has 0 bridgehead atoms. The van der Waals surface area contributed by atoms with Crippen LogP contribution in [0, 0.1) is 0 Å². The number of nitrogens with one attached hydrogen (secondary N) is 1. The van der Waals surface area contributed by atoms with Crippen molar-refractivity contribution in [2.75, 3.05) is 33.4 Å². The summed E-state index contributed by atoms with van der Waals surface area (Å²) in [5.74, 6) is 0. The van der Waals surface area contributed by atoms with E-state index in [1.807, 2.05) is 6.21 Å². The minimum absolute atomic E-state index is 0.664. The van der Waals surface area contributed by atoms with E-state index in [0.29, 0.717) is 13.2 Å². The number of aliphatic imine (C=N–C) groups is 1. The summed E-state index contributed by atoms with van der Waals surface area (Å²) in [6, 6.07) is 0. The van der Waals surface area contributed by atoms with Crippen LogP contribution in [0.2, 0.25) is 0 Å². The predicted molar refractivity (Wildman–Crippen MR) is 49.3 cm³/mol. The summed E-state index contributed by atoms with van der Waals surface area (Å²) in [5.41, 5.74) is 7.69. The Balaban J connectivity index is 2.29. The van der Waals surface area contributed by atoms with Crippen molar-refractivity contribution in [2.45, 2.75) is 0 Å². The highest BCUT2D eigenvalue weighted by molar-refractivity contribution is 5.80. The molecule has 0 aliphatic carbocycles. The number of rotatable bonds is 4. The Kier molecular flexibility index (Phi) is 3.76. The molecule has 0 spiro atoms. The van der Waals surface area contributed by atoms with E-state index in [1.54, 1.807) is 7.11 Å². The Labute approximate surface area is 72.5 Å². The number of nitrogens with zero attached hydrogens (tertiary/aromatic N) is 1. The smallest absolute Gasteiger partial charge is 0.0658 e. The lowest BCUT2D eigenvalue weighted by atomic mass is 10.3. The number of hydrogen-bond acceptors (Lipinski definition) is 4. The summed E-state index contributed by atoms with van der Waals surface area (Å²) >= 11 is 0. The van der Waals surface area contributed by atoms with Gasteiger partial charge in [0.05, 0.1) is 13.2 Å². The molecule has 0 radical (unpaired) electrons. The van der Waals surface area contributed by atoms with Crippen LogP contribution in [-0.4, -0.2) is 39.6 Å². The monoisotopic (exact) mass is 169 g/mol. The first kappa shape index (κ1) is 9.22. The van der Waals surface area contributed by atoms with E-state index in [4.69, 9.17) is 10.5 Å². The van der Waals surface area contributed by atoms with Gasteiger partial charge in [-0.15, -0.1) is 0 Å². The second-order valence-corrected chi connectivity index (χ2v) is 2.68. The van der Waals surface area contributed by atoms with Gasteiger partial charge in [0.1, 0.15) is 0 Å². The van der Waals surface area contributed by atoms with Crippen LogP contribution in [0.3, 0.4) is 0 Å². The first-order valence-electron chi connectivity index (χ1n) is 4.01. The Hall–Kier alpha value is -0.870. The van der Waals surface area contributed by atoms with Crippen LogP contribution in [0.5, 0.6) is 0 Å². The van der Waals surface area contributed by atoms with E-state index in [9.17, 15) is 0 Å². The molecule has 4 heteroatoms. The zero-order valence-electron chi connectivity index (χ0n) is 7.34. The molecule has 0 atom stereocenters. The fraction of sp³-hybridized carbons (Fsp3) is 0.625. The van der Waals surface area contributed by atoms with Crippen LogP contribution < -0.4 is 11.1 Å². The fourth-order valence-electron chi connectivity index (χ4n) is 1.01. The summed E-state index contributed by atoms with van der Waals surface area (Å²) in [4.78, 5) is 4.17. The maximum absolute atomic E-state index is 5.69. The third-order valence-electron chi connectivity index (χ3n) is 1.71. The van der Waals surface area contributed by atoms with Crippen LogP contribution in [0.25, 0.3) is 0 Å². The number of nitrogens with two attached hydrogens (primary N) is 1. The summed E-state index contributed by atoms with van der Waals surface area (Å²) in [5, 5.41) is 3.14. The summed E-state index contributed by atoms with van der Waals surface area (Å²) in [7, 11) is 1.67. The maximum atomic E-state index is 5.69. The normalized spacial score (nSPS) is 18.1. The van der Waals surface area contributed by atoms with Crippen molar-refractivity contribution in [2.24, 2.45) is 10.7 Å². The van der Waals surface area contributed by atoms with Gasteiger partial charge in [-0.25, -0.2) is 0 Å². The lowest BCUT2D eigenvalue weighted by Gasteiger charge is -1.94. The SMILES string of the molecule is COCCN=CC1=C(N)CNC1. The van der Waals surface area contributed by atoms with Gasteiger partial charge >= 0.3 is 0 Å². The number of hydrogen-bond donors (Lipinski definition) is 2. The third-order valence-corrected chi connectivity index (χ3v) is 1.71. The van der Waals surface area contributed by atoms with Gasteiger partial charge in [-0.3, -0.25) is 4.99 Å². The molecule has 0 unspecified atom stereocenters. The van der Waals surface area contributed by atoms with Crippen molar-refractivity contribution in [3.05, 3.63) is 11.3 Å². The van der Waals surface area contributed by atoms with Gasteiger partial charge in [0, 0.05) is 37.7 Å². The molecule has 0 saturated carbocycles. The lowest BCUT2D eigenvalue weighted by Crippen LogP contribution is -2.11. The van der Waals surface area contributed by atoms with Crippen LogP contribution in [0.1, 0.15) is 0 Å². The third kappa shape index (κ3) is 2.64. The van der Waals surface area contributed by atoms with Gasteiger partial charge in [-0.05, 0) is 0 Å².